The lowest BCUT2D eigenvalue weighted by Gasteiger charge is -2.52. The van der Waals surface area contributed by atoms with Gasteiger partial charge < -0.3 is 15.8 Å². The number of nitrogens with one attached hydrogen (secondary N) is 1. The van der Waals surface area contributed by atoms with Gasteiger partial charge in [0.15, 0.2) is 5.78 Å². The highest BCUT2D eigenvalue weighted by Gasteiger charge is 2.48. The van der Waals surface area contributed by atoms with Gasteiger partial charge in [0, 0.05) is 35.0 Å². The Hall–Kier alpha value is -1.55. The largest absolute Gasteiger partial charge is 0.398 e. The van der Waals surface area contributed by atoms with E-state index in [0.717, 1.165) is 18.7 Å². The van der Waals surface area contributed by atoms with Crippen LogP contribution in [0.15, 0.2) is 18.2 Å². The summed E-state index contributed by atoms with van der Waals surface area (Å²) in [4.78, 5) is 11.4. The first-order valence-electron chi connectivity index (χ1n) is 7.14. The molecule has 0 radical (unpaired) electrons. The number of hydrogen-bond donors (Lipinski definition) is 2. The maximum Gasteiger partial charge on any atom is 0.161 e. The van der Waals surface area contributed by atoms with Crippen LogP contribution in [0.5, 0.6) is 0 Å². The molecule has 2 unspecified atom stereocenters. The number of carbonyl (C=O) groups excluding carboxylic acids is 1. The molecule has 1 aromatic rings. The molecule has 3 N–H and O–H groups in total. The van der Waals surface area contributed by atoms with Crippen molar-refractivity contribution in [2.75, 3.05) is 17.7 Å². The molecule has 0 aliphatic heterocycles. The van der Waals surface area contributed by atoms with Crippen LogP contribution in [0.4, 0.5) is 11.4 Å². The Bertz CT molecular complexity index is 511. The lowest BCUT2D eigenvalue weighted by Crippen LogP contribution is -2.58. The molecular weight excluding hydrogens is 252 g/mol. The van der Waals surface area contributed by atoms with Crippen LogP contribution in [0.25, 0.3) is 0 Å². The molecule has 0 heterocycles. The number of carbonyl (C=O) groups is 1. The molecule has 0 bridgehead atoms. The zero-order valence-corrected chi connectivity index (χ0v) is 12.7. The fourth-order valence-electron chi connectivity index (χ4n) is 2.79. The van der Waals surface area contributed by atoms with Crippen LogP contribution in [-0.2, 0) is 4.74 Å². The van der Waals surface area contributed by atoms with Crippen molar-refractivity contribution in [3.05, 3.63) is 23.8 Å². The molecule has 20 heavy (non-hydrogen) atoms. The molecule has 110 valence electrons. The summed E-state index contributed by atoms with van der Waals surface area (Å²) in [5, 5.41) is 3.49. The molecule has 0 aromatic heterocycles. The van der Waals surface area contributed by atoms with Gasteiger partial charge in [-0.3, -0.25) is 4.79 Å². The minimum absolute atomic E-state index is 0.00515. The zero-order chi connectivity index (χ0) is 14.9. The van der Waals surface area contributed by atoms with Crippen LogP contribution in [-0.4, -0.2) is 24.5 Å². The summed E-state index contributed by atoms with van der Waals surface area (Å²) in [5.41, 5.74) is 8.08. The Morgan fingerprint density at radius 1 is 1.50 bits per heavy atom. The summed E-state index contributed by atoms with van der Waals surface area (Å²) in [5.74, 6) is -0.00515. The van der Waals surface area contributed by atoms with Crippen molar-refractivity contribution in [1.29, 1.82) is 0 Å². The van der Waals surface area contributed by atoms with Gasteiger partial charge in [-0.05, 0) is 38.5 Å². The summed E-state index contributed by atoms with van der Waals surface area (Å²) in [6, 6.07) is 5.89. The lowest BCUT2D eigenvalue weighted by atomic mass is 9.64. The number of anilines is 2. The molecule has 1 aliphatic carbocycles. The molecule has 2 atom stereocenters. The molecule has 4 nitrogen and oxygen atoms in total. The summed E-state index contributed by atoms with van der Waals surface area (Å²) >= 11 is 0. The number of ketones is 1. The van der Waals surface area contributed by atoms with Gasteiger partial charge in [0.2, 0.25) is 0 Å². The van der Waals surface area contributed by atoms with E-state index in [4.69, 9.17) is 10.5 Å². The summed E-state index contributed by atoms with van der Waals surface area (Å²) in [6.07, 6.45) is 1.30. The number of rotatable bonds is 5. The van der Waals surface area contributed by atoms with Crippen molar-refractivity contribution in [3.8, 4) is 0 Å². The van der Waals surface area contributed by atoms with Crippen molar-refractivity contribution in [2.45, 2.75) is 46.3 Å². The predicted molar refractivity (Wildman–Crippen MR) is 82.1 cm³/mol. The van der Waals surface area contributed by atoms with E-state index in [2.05, 4.69) is 19.2 Å². The fraction of sp³-hybridized carbons (Fsp3) is 0.562. The minimum Gasteiger partial charge on any atom is -0.398 e. The number of nitrogen functional groups attached to an aromatic ring is 1. The van der Waals surface area contributed by atoms with E-state index in [-0.39, 0.29) is 11.2 Å². The van der Waals surface area contributed by atoms with Gasteiger partial charge in [-0.25, -0.2) is 0 Å². The molecule has 1 aromatic carbocycles. The summed E-state index contributed by atoms with van der Waals surface area (Å²) in [7, 11) is 0. The van der Waals surface area contributed by atoms with Gasteiger partial charge in [-0.15, -0.1) is 0 Å². The van der Waals surface area contributed by atoms with Gasteiger partial charge in [0.25, 0.3) is 0 Å². The Kier molecular flexibility index (Phi) is 4.04. The fourth-order valence-corrected chi connectivity index (χ4v) is 2.79. The topological polar surface area (TPSA) is 64.3 Å². The van der Waals surface area contributed by atoms with Gasteiger partial charge in [0.1, 0.15) is 0 Å². The second kappa shape index (κ2) is 5.44. The summed E-state index contributed by atoms with van der Waals surface area (Å²) < 4.78 is 5.73. The van der Waals surface area contributed by atoms with Crippen LogP contribution in [0, 0.1) is 5.41 Å². The summed E-state index contributed by atoms with van der Waals surface area (Å²) in [6.45, 7) is 8.73. The Balaban J connectivity index is 2.05. The smallest absolute Gasteiger partial charge is 0.161 e. The third-order valence-electron chi connectivity index (χ3n) is 4.32. The quantitative estimate of drug-likeness (QED) is 0.640. The van der Waals surface area contributed by atoms with E-state index in [0.29, 0.717) is 23.4 Å². The van der Waals surface area contributed by atoms with Crippen LogP contribution >= 0.6 is 0 Å². The Morgan fingerprint density at radius 2 is 2.20 bits per heavy atom. The Labute approximate surface area is 120 Å². The third-order valence-corrected chi connectivity index (χ3v) is 4.32. The van der Waals surface area contributed by atoms with Crippen LogP contribution < -0.4 is 11.1 Å². The molecule has 0 amide bonds. The SMILES string of the molecule is CCOC1CC(Nc2ccc(C(C)=O)c(N)c2)C1(C)C. The molecule has 1 saturated carbocycles. The average Bonchev–Trinajstić information content (AvgIpc) is 2.37. The molecule has 1 aliphatic rings. The highest BCUT2D eigenvalue weighted by molar-refractivity contribution is 5.99. The highest BCUT2D eigenvalue weighted by Crippen LogP contribution is 2.44. The minimum atomic E-state index is -0.00515. The van der Waals surface area contributed by atoms with Crippen LogP contribution in [0.2, 0.25) is 0 Å². The monoisotopic (exact) mass is 276 g/mol. The van der Waals surface area contributed by atoms with E-state index >= 15 is 0 Å². The van der Waals surface area contributed by atoms with Crippen molar-refractivity contribution in [2.24, 2.45) is 5.41 Å². The third kappa shape index (κ3) is 2.66. The molecule has 0 saturated heterocycles. The van der Waals surface area contributed by atoms with E-state index in [1.54, 1.807) is 6.07 Å². The second-order valence-electron chi connectivity index (χ2n) is 6.06. The van der Waals surface area contributed by atoms with Gasteiger partial charge in [-0.1, -0.05) is 13.8 Å². The number of nitrogens with two attached hydrogens (primary N) is 1. The number of hydrogen-bond acceptors (Lipinski definition) is 4. The van der Waals surface area contributed by atoms with E-state index in [1.807, 2.05) is 19.1 Å². The predicted octanol–water partition coefficient (Wildman–Crippen LogP) is 3.09. The number of benzene rings is 1. The molecule has 1 fully saturated rings. The first-order chi connectivity index (χ1) is 9.36. The highest BCUT2D eigenvalue weighted by atomic mass is 16.5. The van der Waals surface area contributed by atoms with Crippen molar-refractivity contribution >= 4 is 17.2 Å². The van der Waals surface area contributed by atoms with Gasteiger partial charge in [0.05, 0.1) is 6.10 Å². The lowest BCUT2D eigenvalue weighted by molar-refractivity contribution is -0.0975. The maximum atomic E-state index is 11.4. The van der Waals surface area contributed by atoms with E-state index < -0.39 is 0 Å². The van der Waals surface area contributed by atoms with Crippen molar-refractivity contribution in [1.82, 2.24) is 0 Å². The zero-order valence-electron chi connectivity index (χ0n) is 12.7. The van der Waals surface area contributed by atoms with Crippen molar-refractivity contribution < 1.29 is 9.53 Å². The maximum absolute atomic E-state index is 11.4. The first-order valence-corrected chi connectivity index (χ1v) is 7.14. The van der Waals surface area contributed by atoms with Crippen molar-refractivity contribution in [3.63, 3.8) is 0 Å². The van der Waals surface area contributed by atoms with E-state index in [9.17, 15) is 4.79 Å². The molecular formula is C16H24N2O2. The molecule has 0 spiro atoms. The standard InChI is InChI=1S/C16H24N2O2/c1-5-20-15-9-14(16(15,3)4)18-11-6-7-12(10(2)19)13(17)8-11/h6-8,14-15,18H,5,9,17H2,1-4H3. The molecule has 2 rings (SSSR count). The number of ether oxygens (including phenoxy) is 1. The van der Waals surface area contributed by atoms with Gasteiger partial charge in [-0.2, -0.15) is 0 Å². The second-order valence-corrected chi connectivity index (χ2v) is 6.06. The normalized spacial score (nSPS) is 24.0. The molecule has 4 heteroatoms. The average molecular weight is 276 g/mol. The van der Waals surface area contributed by atoms with Gasteiger partial charge >= 0.3 is 0 Å². The van der Waals surface area contributed by atoms with E-state index in [1.165, 1.54) is 6.92 Å². The number of Topliss-reactive ketones (excluding diaryl/α,β-unsaturated/α-hetero) is 1. The van der Waals surface area contributed by atoms with Crippen LogP contribution in [0.1, 0.15) is 44.5 Å². The first kappa shape index (κ1) is 14.9. The Morgan fingerprint density at radius 3 is 2.70 bits per heavy atom. The van der Waals surface area contributed by atoms with Crippen LogP contribution in [0.3, 0.4) is 0 Å².